The Morgan fingerprint density at radius 1 is 1.47 bits per heavy atom. The van der Waals surface area contributed by atoms with E-state index < -0.39 is 0 Å². The van der Waals surface area contributed by atoms with Gasteiger partial charge in [-0.1, -0.05) is 46.4 Å². The molecule has 1 saturated carbocycles. The van der Waals surface area contributed by atoms with Crippen LogP contribution in [0, 0.1) is 5.92 Å². The molecule has 1 nitrogen and oxygen atoms in total. The summed E-state index contributed by atoms with van der Waals surface area (Å²) in [6.07, 6.45) is 5.57. The maximum atomic E-state index is 6.23. The van der Waals surface area contributed by atoms with E-state index in [1.54, 1.807) is 0 Å². The van der Waals surface area contributed by atoms with Crippen molar-refractivity contribution in [1.82, 2.24) is 5.32 Å². The second-order valence-electron chi connectivity index (χ2n) is 4.93. The van der Waals surface area contributed by atoms with Gasteiger partial charge in [-0.05, 0) is 49.9 Å². The van der Waals surface area contributed by atoms with Crippen LogP contribution in [0.25, 0.3) is 0 Å². The lowest BCUT2D eigenvalue weighted by Crippen LogP contribution is -2.20. The molecule has 0 aromatic heterocycles. The fraction of sp³-hybridized carbons (Fsp3) is 0.571. The van der Waals surface area contributed by atoms with Crippen LogP contribution in [0.1, 0.15) is 44.2 Å². The maximum Gasteiger partial charge on any atom is 0.0464 e. The molecule has 0 heterocycles. The molecule has 1 N–H and O–H groups in total. The molecule has 0 spiro atoms. The Hall–Kier alpha value is -0.0500. The molecule has 17 heavy (non-hydrogen) atoms. The smallest absolute Gasteiger partial charge is 0.0464 e. The summed E-state index contributed by atoms with van der Waals surface area (Å²) in [6.45, 7) is 3.26. The summed E-state index contributed by atoms with van der Waals surface area (Å²) in [6, 6.07) is 6.42. The van der Waals surface area contributed by atoms with Crippen LogP contribution < -0.4 is 5.32 Å². The van der Waals surface area contributed by atoms with Crippen LogP contribution >= 0.6 is 27.5 Å². The van der Waals surface area contributed by atoms with Gasteiger partial charge in [0.25, 0.3) is 0 Å². The standard InChI is InChI=1S/C14H19BrClN/c1-10(17-8-2-3-11-4-5-11)13-7-6-12(15)9-14(13)16/h6-7,9-11,17H,2-5,8H2,1H3. The summed E-state index contributed by atoms with van der Waals surface area (Å²) >= 11 is 9.65. The van der Waals surface area contributed by atoms with Crippen LogP contribution in [-0.4, -0.2) is 6.54 Å². The highest BCUT2D eigenvalue weighted by Crippen LogP contribution is 2.33. The van der Waals surface area contributed by atoms with Gasteiger partial charge in [0.15, 0.2) is 0 Å². The predicted molar refractivity (Wildman–Crippen MR) is 77.5 cm³/mol. The average Bonchev–Trinajstić information content (AvgIpc) is 3.08. The molecule has 1 aliphatic rings. The van der Waals surface area contributed by atoms with Gasteiger partial charge in [-0.15, -0.1) is 0 Å². The van der Waals surface area contributed by atoms with Gasteiger partial charge < -0.3 is 5.32 Å². The Bertz CT molecular complexity index is 376. The zero-order valence-corrected chi connectivity index (χ0v) is 12.5. The zero-order valence-electron chi connectivity index (χ0n) is 10.2. The highest BCUT2D eigenvalue weighted by molar-refractivity contribution is 9.10. The van der Waals surface area contributed by atoms with Crippen LogP contribution in [0.15, 0.2) is 22.7 Å². The van der Waals surface area contributed by atoms with Gasteiger partial charge in [0.2, 0.25) is 0 Å². The van der Waals surface area contributed by atoms with Crippen LogP contribution in [0.3, 0.4) is 0 Å². The van der Waals surface area contributed by atoms with Gasteiger partial charge in [0, 0.05) is 15.5 Å². The number of halogens is 2. The molecule has 0 saturated heterocycles. The van der Waals surface area contributed by atoms with Gasteiger partial charge in [0.1, 0.15) is 0 Å². The molecule has 0 radical (unpaired) electrons. The summed E-state index contributed by atoms with van der Waals surface area (Å²) in [5, 5.41) is 4.38. The second kappa shape index (κ2) is 6.21. The van der Waals surface area contributed by atoms with Gasteiger partial charge in [-0.2, -0.15) is 0 Å². The SMILES string of the molecule is CC(NCCCC1CC1)c1ccc(Br)cc1Cl. The molecule has 0 amide bonds. The van der Waals surface area contributed by atoms with E-state index >= 15 is 0 Å². The first-order valence-electron chi connectivity index (χ1n) is 6.35. The first-order valence-corrected chi connectivity index (χ1v) is 7.52. The number of rotatable bonds is 6. The summed E-state index contributed by atoms with van der Waals surface area (Å²) < 4.78 is 1.03. The third kappa shape index (κ3) is 4.27. The van der Waals surface area contributed by atoms with Crippen molar-refractivity contribution in [1.29, 1.82) is 0 Å². The van der Waals surface area contributed by atoms with Crippen LogP contribution in [0.5, 0.6) is 0 Å². The van der Waals surface area contributed by atoms with Crippen molar-refractivity contribution in [2.45, 2.75) is 38.6 Å². The van der Waals surface area contributed by atoms with E-state index in [-0.39, 0.29) is 0 Å². The van der Waals surface area contributed by atoms with E-state index in [9.17, 15) is 0 Å². The van der Waals surface area contributed by atoms with E-state index in [1.807, 2.05) is 12.1 Å². The molecule has 94 valence electrons. The molecule has 3 heteroatoms. The Balaban J connectivity index is 1.78. The van der Waals surface area contributed by atoms with Crippen LogP contribution in [0.4, 0.5) is 0 Å². The average molecular weight is 317 g/mol. The Morgan fingerprint density at radius 3 is 2.88 bits per heavy atom. The van der Waals surface area contributed by atoms with Crippen LogP contribution in [-0.2, 0) is 0 Å². The minimum atomic E-state index is 0.329. The van der Waals surface area contributed by atoms with Crippen molar-refractivity contribution in [2.75, 3.05) is 6.54 Å². The monoisotopic (exact) mass is 315 g/mol. The largest absolute Gasteiger partial charge is 0.310 e. The lowest BCUT2D eigenvalue weighted by molar-refractivity contribution is 0.533. The summed E-state index contributed by atoms with van der Waals surface area (Å²) in [4.78, 5) is 0. The van der Waals surface area contributed by atoms with Gasteiger partial charge >= 0.3 is 0 Å². The second-order valence-corrected chi connectivity index (χ2v) is 6.25. The van der Waals surface area contributed by atoms with Crippen molar-refractivity contribution >= 4 is 27.5 Å². The van der Waals surface area contributed by atoms with Crippen molar-refractivity contribution in [3.05, 3.63) is 33.3 Å². The maximum absolute atomic E-state index is 6.23. The van der Waals surface area contributed by atoms with Gasteiger partial charge in [-0.25, -0.2) is 0 Å². The third-order valence-corrected chi connectivity index (χ3v) is 4.19. The highest BCUT2D eigenvalue weighted by atomic mass is 79.9. The molecule has 0 aliphatic heterocycles. The van der Waals surface area contributed by atoms with Crippen molar-refractivity contribution in [3.8, 4) is 0 Å². The minimum absolute atomic E-state index is 0.329. The molecule has 2 rings (SSSR count). The molecule has 1 aromatic carbocycles. The van der Waals surface area contributed by atoms with E-state index in [0.717, 1.165) is 22.0 Å². The number of hydrogen-bond acceptors (Lipinski definition) is 1. The molecule has 1 aliphatic carbocycles. The zero-order chi connectivity index (χ0) is 12.3. The van der Waals surface area contributed by atoms with Crippen molar-refractivity contribution < 1.29 is 0 Å². The fourth-order valence-electron chi connectivity index (χ4n) is 2.08. The molecule has 1 aromatic rings. The Kier molecular flexibility index (Phi) is 4.89. The number of hydrogen-bond donors (Lipinski definition) is 1. The van der Waals surface area contributed by atoms with E-state index in [2.05, 4.69) is 34.2 Å². The number of nitrogens with one attached hydrogen (secondary N) is 1. The van der Waals surface area contributed by atoms with Crippen molar-refractivity contribution in [2.24, 2.45) is 5.92 Å². The molecule has 1 fully saturated rings. The minimum Gasteiger partial charge on any atom is -0.310 e. The first-order chi connectivity index (χ1) is 8.16. The predicted octanol–water partition coefficient (Wildman–Crippen LogP) is 4.94. The molecular weight excluding hydrogens is 298 g/mol. The third-order valence-electron chi connectivity index (χ3n) is 3.37. The highest BCUT2D eigenvalue weighted by Gasteiger charge is 2.20. The first kappa shape index (κ1) is 13.4. The van der Waals surface area contributed by atoms with E-state index in [0.29, 0.717) is 6.04 Å². The van der Waals surface area contributed by atoms with Gasteiger partial charge in [-0.3, -0.25) is 0 Å². The van der Waals surface area contributed by atoms with E-state index in [1.165, 1.54) is 31.2 Å². The molecule has 0 bridgehead atoms. The summed E-state index contributed by atoms with van der Waals surface area (Å²) in [7, 11) is 0. The lowest BCUT2D eigenvalue weighted by atomic mass is 10.1. The Labute approximate surface area is 117 Å². The van der Waals surface area contributed by atoms with Crippen LogP contribution in [0.2, 0.25) is 5.02 Å². The summed E-state index contributed by atoms with van der Waals surface area (Å²) in [5.41, 5.74) is 1.18. The molecular formula is C14H19BrClN. The fourth-order valence-corrected chi connectivity index (χ4v) is 2.92. The molecule has 1 unspecified atom stereocenters. The number of benzene rings is 1. The normalized spacial score (nSPS) is 17.1. The summed E-state index contributed by atoms with van der Waals surface area (Å²) in [5.74, 6) is 1.03. The Morgan fingerprint density at radius 2 is 2.24 bits per heavy atom. The topological polar surface area (TPSA) is 12.0 Å². The quantitative estimate of drug-likeness (QED) is 0.733. The lowest BCUT2D eigenvalue weighted by Gasteiger charge is -2.15. The van der Waals surface area contributed by atoms with Gasteiger partial charge in [0.05, 0.1) is 0 Å². The van der Waals surface area contributed by atoms with Crippen molar-refractivity contribution in [3.63, 3.8) is 0 Å². The molecule has 1 atom stereocenters. The van der Waals surface area contributed by atoms with E-state index in [4.69, 9.17) is 11.6 Å².